The van der Waals surface area contributed by atoms with Crippen molar-refractivity contribution in [1.29, 1.82) is 0 Å². The maximum Gasteiger partial charge on any atom is 0.310 e. The number of aromatic nitrogens is 4. The zero-order valence-electron chi connectivity index (χ0n) is 11.3. The molecular formula is C12H13N5O3S. The molecule has 0 N–H and O–H groups in total. The van der Waals surface area contributed by atoms with Gasteiger partial charge in [0.25, 0.3) is 5.91 Å². The van der Waals surface area contributed by atoms with Crippen molar-refractivity contribution >= 4 is 23.2 Å². The second-order valence-electron chi connectivity index (χ2n) is 4.65. The average molecular weight is 307 g/mol. The van der Waals surface area contributed by atoms with E-state index in [0.29, 0.717) is 30.1 Å². The number of esters is 1. The molecule has 2 aromatic heterocycles. The zero-order valence-corrected chi connectivity index (χ0v) is 12.1. The first kappa shape index (κ1) is 13.7. The highest BCUT2D eigenvalue weighted by atomic mass is 32.1. The highest BCUT2D eigenvalue weighted by Gasteiger charge is 2.33. The van der Waals surface area contributed by atoms with Crippen molar-refractivity contribution in [3.05, 3.63) is 22.7 Å². The van der Waals surface area contributed by atoms with Crippen molar-refractivity contribution < 1.29 is 14.3 Å². The summed E-state index contributed by atoms with van der Waals surface area (Å²) in [5.41, 5.74) is 0.650. The van der Waals surface area contributed by atoms with Crippen LogP contribution in [-0.4, -0.2) is 57.2 Å². The summed E-state index contributed by atoms with van der Waals surface area (Å²) in [7, 11) is 1.36. The van der Waals surface area contributed by atoms with E-state index in [9.17, 15) is 9.59 Å². The van der Waals surface area contributed by atoms with Gasteiger partial charge in [-0.15, -0.1) is 16.4 Å². The number of carbonyl (C=O) groups excluding carboxylic acids is 2. The Hall–Kier alpha value is -2.29. The summed E-state index contributed by atoms with van der Waals surface area (Å²) in [5, 5.41) is 12.8. The van der Waals surface area contributed by atoms with Gasteiger partial charge in [0.2, 0.25) is 0 Å². The number of hydrogen-bond donors (Lipinski definition) is 0. The Morgan fingerprint density at radius 1 is 1.48 bits per heavy atom. The minimum Gasteiger partial charge on any atom is -0.469 e. The molecule has 1 aliphatic rings. The largest absolute Gasteiger partial charge is 0.469 e. The van der Waals surface area contributed by atoms with Crippen molar-refractivity contribution in [2.24, 2.45) is 5.92 Å². The molecule has 0 bridgehead atoms. The lowest BCUT2D eigenvalue weighted by Crippen LogP contribution is -2.30. The van der Waals surface area contributed by atoms with E-state index in [-0.39, 0.29) is 17.8 Å². The summed E-state index contributed by atoms with van der Waals surface area (Å²) in [4.78, 5) is 26.3. The molecule has 0 saturated carbocycles. The summed E-state index contributed by atoms with van der Waals surface area (Å²) in [6, 6.07) is 1.79. The zero-order chi connectivity index (χ0) is 14.8. The molecule has 0 radical (unpaired) electrons. The maximum atomic E-state index is 12.6. The Balaban J connectivity index is 1.78. The quantitative estimate of drug-likeness (QED) is 0.760. The van der Waals surface area contributed by atoms with E-state index in [2.05, 4.69) is 15.5 Å². The molecule has 1 saturated heterocycles. The smallest absolute Gasteiger partial charge is 0.310 e. The summed E-state index contributed by atoms with van der Waals surface area (Å²) in [5.74, 6) is -0.616. The van der Waals surface area contributed by atoms with Crippen LogP contribution in [0.3, 0.4) is 0 Å². The van der Waals surface area contributed by atoms with E-state index < -0.39 is 0 Å². The molecule has 1 amide bonds. The number of ether oxygens (including phenoxy) is 1. The first-order chi connectivity index (χ1) is 10.2. The van der Waals surface area contributed by atoms with Crippen molar-refractivity contribution in [1.82, 2.24) is 25.1 Å². The summed E-state index contributed by atoms with van der Waals surface area (Å²) < 4.78 is 6.19. The molecule has 1 unspecified atom stereocenters. The predicted octanol–water partition coefficient (Wildman–Crippen LogP) is 0.359. The second-order valence-corrected chi connectivity index (χ2v) is 5.57. The van der Waals surface area contributed by atoms with E-state index in [4.69, 9.17) is 4.74 Å². The number of nitrogens with zero attached hydrogens (tertiary/aromatic N) is 5. The lowest BCUT2D eigenvalue weighted by molar-refractivity contribution is -0.144. The van der Waals surface area contributed by atoms with Crippen LogP contribution in [0.25, 0.3) is 5.69 Å². The lowest BCUT2D eigenvalue weighted by Gasteiger charge is -2.15. The van der Waals surface area contributed by atoms with Crippen LogP contribution >= 0.6 is 11.3 Å². The fourth-order valence-electron chi connectivity index (χ4n) is 2.36. The monoisotopic (exact) mass is 307 g/mol. The van der Waals surface area contributed by atoms with Crippen molar-refractivity contribution in [2.75, 3.05) is 20.2 Å². The molecule has 21 heavy (non-hydrogen) atoms. The summed E-state index contributed by atoms with van der Waals surface area (Å²) in [6.07, 6.45) is 2.07. The Bertz CT molecular complexity index is 654. The van der Waals surface area contributed by atoms with Crippen LogP contribution < -0.4 is 0 Å². The van der Waals surface area contributed by atoms with Gasteiger partial charge in [-0.25, -0.2) is 0 Å². The number of methoxy groups -OCH3 is 1. The molecule has 3 rings (SSSR count). The highest BCUT2D eigenvalue weighted by Crippen LogP contribution is 2.25. The Labute approximate surface area is 124 Å². The minimum absolute atomic E-state index is 0.109. The fourth-order valence-corrected chi connectivity index (χ4v) is 3.21. The van der Waals surface area contributed by atoms with E-state index >= 15 is 0 Å². The van der Waals surface area contributed by atoms with Gasteiger partial charge in [0, 0.05) is 13.1 Å². The van der Waals surface area contributed by atoms with Crippen LogP contribution in [0.2, 0.25) is 0 Å². The first-order valence-corrected chi connectivity index (χ1v) is 7.26. The number of carbonyl (C=O) groups is 2. The molecule has 2 aromatic rings. The van der Waals surface area contributed by atoms with Gasteiger partial charge in [-0.2, -0.15) is 4.68 Å². The Kier molecular flexibility index (Phi) is 3.65. The van der Waals surface area contributed by atoms with Gasteiger partial charge < -0.3 is 9.64 Å². The SMILES string of the molecule is COC(=O)C1CCN(C(=O)c2sccc2-n2cnnn2)C1. The van der Waals surface area contributed by atoms with Crippen molar-refractivity contribution in [2.45, 2.75) is 6.42 Å². The third kappa shape index (κ3) is 2.51. The molecular weight excluding hydrogens is 294 g/mol. The predicted molar refractivity (Wildman–Crippen MR) is 73.1 cm³/mol. The van der Waals surface area contributed by atoms with Gasteiger partial charge in [0.1, 0.15) is 11.2 Å². The van der Waals surface area contributed by atoms with Gasteiger partial charge >= 0.3 is 5.97 Å². The van der Waals surface area contributed by atoms with Crippen LogP contribution in [0.1, 0.15) is 16.1 Å². The molecule has 0 aliphatic carbocycles. The molecule has 0 aromatic carbocycles. The number of likely N-dealkylation sites (tertiary alicyclic amines) is 1. The van der Waals surface area contributed by atoms with E-state index in [1.165, 1.54) is 29.5 Å². The van der Waals surface area contributed by atoms with Crippen LogP contribution in [0.4, 0.5) is 0 Å². The standard InChI is InChI=1S/C12H13N5O3S/c1-20-12(19)8-2-4-16(6-8)11(18)10-9(3-5-21-10)17-7-13-14-15-17/h3,5,7-8H,2,4,6H2,1H3. The molecule has 0 spiro atoms. The lowest BCUT2D eigenvalue weighted by atomic mass is 10.1. The first-order valence-electron chi connectivity index (χ1n) is 6.38. The number of rotatable bonds is 3. The van der Waals surface area contributed by atoms with E-state index in [1.807, 2.05) is 5.38 Å². The molecule has 8 nitrogen and oxygen atoms in total. The normalized spacial score (nSPS) is 18.0. The Morgan fingerprint density at radius 3 is 3.05 bits per heavy atom. The van der Waals surface area contributed by atoms with Gasteiger partial charge in [-0.3, -0.25) is 9.59 Å². The summed E-state index contributed by atoms with van der Waals surface area (Å²) in [6.45, 7) is 0.935. The van der Waals surface area contributed by atoms with Gasteiger partial charge in [-0.05, 0) is 28.3 Å². The number of tetrazole rings is 1. The van der Waals surface area contributed by atoms with Crippen LogP contribution in [0.5, 0.6) is 0 Å². The minimum atomic E-state index is -0.267. The van der Waals surface area contributed by atoms with Gasteiger partial charge in [0.15, 0.2) is 0 Å². The summed E-state index contributed by atoms with van der Waals surface area (Å²) >= 11 is 1.33. The van der Waals surface area contributed by atoms with E-state index in [1.54, 1.807) is 11.0 Å². The fraction of sp³-hybridized carbons (Fsp3) is 0.417. The average Bonchev–Trinajstić information content (AvgIpc) is 3.25. The van der Waals surface area contributed by atoms with Gasteiger partial charge in [0.05, 0.1) is 18.7 Å². The molecule has 110 valence electrons. The topological polar surface area (TPSA) is 90.2 Å². The maximum absolute atomic E-state index is 12.6. The molecule has 3 heterocycles. The number of hydrogen-bond acceptors (Lipinski definition) is 7. The van der Waals surface area contributed by atoms with Gasteiger partial charge in [-0.1, -0.05) is 0 Å². The molecule has 1 atom stereocenters. The molecule has 1 aliphatic heterocycles. The Morgan fingerprint density at radius 2 is 2.33 bits per heavy atom. The van der Waals surface area contributed by atoms with Crippen LogP contribution in [0.15, 0.2) is 17.8 Å². The van der Waals surface area contributed by atoms with E-state index in [0.717, 1.165) is 0 Å². The second kappa shape index (κ2) is 5.60. The highest BCUT2D eigenvalue weighted by molar-refractivity contribution is 7.12. The van der Waals surface area contributed by atoms with Crippen molar-refractivity contribution in [3.63, 3.8) is 0 Å². The van der Waals surface area contributed by atoms with Crippen LogP contribution in [-0.2, 0) is 9.53 Å². The van der Waals surface area contributed by atoms with Crippen LogP contribution in [0, 0.1) is 5.92 Å². The van der Waals surface area contributed by atoms with Crippen molar-refractivity contribution in [3.8, 4) is 5.69 Å². The molecule has 9 heteroatoms. The third-order valence-corrected chi connectivity index (χ3v) is 4.34. The molecule has 1 fully saturated rings. The third-order valence-electron chi connectivity index (χ3n) is 3.44. The number of amides is 1. The number of thiophene rings is 1.